The summed E-state index contributed by atoms with van der Waals surface area (Å²) in [6.45, 7) is 5.36. The van der Waals surface area contributed by atoms with Crippen molar-refractivity contribution in [2.24, 2.45) is 11.8 Å². The summed E-state index contributed by atoms with van der Waals surface area (Å²) in [5.41, 5.74) is 0. The Bertz CT molecular complexity index is 364. The van der Waals surface area contributed by atoms with Crippen LogP contribution in [0.15, 0.2) is 0 Å². The molecule has 1 aliphatic heterocycles. The molecule has 1 heterocycles. The zero-order valence-corrected chi connectivity index (χ0v) is 12.5. The number of piperidine rings is 1. The van der Waals surface area contributed by atoms with E-state index in [1.807, 2.05) is 11.9 Å². The number of carbonyl (C=O) groups is 2. The van der Waals surface area contributed by atoms with E-state index in [1.54, 1.807) is 0 Å². The summed E-state index contributed by atoms with van der Waals surface area (Å²) in [5, 5.41) is 9.03. The number of carboxylic acid groups (broad SMARTS) is 1. The van der Waals surface area contributed by atoms with E-state index in [9.17, 15) is 9.59 Å². The summed E-state index contributed by atoms with van der Waals surface area (Å²) >= 11 is 0. The molecule has 20 heavy (non-hydrogen) atoms. The first kappa shape index (κ1) is 15.3. The predicted molar refractivity (Wildman–Crippen MR) is 76.4 cm³/mol. The number of carbonyl (C=O) groups excluding carboxylic acids is 1. The molecule has 1 saturated carbocycles. The lowest BCUT2D eigenvalue weighted by atomic mass is 9.99. The van der Waals surface area contributed by atoms with Crippen LogP contribution in [0.2, 0.25) is 0 Å². The molecule has 5 nitrogen and oxygen atoms in total. The molecular weight excluding hydrogens is 256 g/mol. The minimum absolute atomic E-state index is 0.0784. The number of nitrogens with zero attached hydrogens (tertiary/aromatic N) is 2. The van der Waals surface area contributed by atoms with E-state index >= 15 is 0 Å². The van der Waals surface area contributed by atoms with Gasteiger partial charge in [0, 0.05) is 32.1 Å². The van der Waals surface area contributed by atoms with Gasteiger partial charge in [-0.2, -0.15) is 0 Å². The van der Waals surface area contributed by atoms with E-state index in [0.717, 1.165) is 38.9 Å². The molecule has 2 atom stereocenters. The topological polar surface area (TPSA) is 60.9 Å². The van der Waals surface area contributed by atoms with Gasteiger partial charge in [-0.15, -0.1) is 0 Å². The molecule has 0 bridgehead atoms. The number of aliphatic carboxylic acids is 1. The normalized spacial score (nSPS) is 28.5. The smallest absolute Gasteiger partial charge is 0.306 e. The quantitative estimate of drug-likeness (QED) is 0.847. The lowest BCUT2D eigenvalue weighted by molar-refractivity contribution is -0.141. The lowest BCUT2D eigenvalue weighted by Gasteiger charge is -2.37. The fourth-order valence-corrected chi connectivity index (χ4v) is 3.52. The Morgan fingerprint density at radius 2 is 1.75 bits per heavy atom. The van der Waals surface area contributed by atoms with E-state index < -0.39 is 5.97 Å². The Morgan fingerprint density at radius 1 is 1.15 bits per heavy atom. The van der Waals surface area contributed by atoms with Gasteiger partial charge in [0.2, 0.25) is 5.91 Å². The van der Waals surface area contributed by atoms with Crippen LogP contribution in [0.3, 0.4) is 0 Å². The van der Waals surface area contributed by atoms with Gasteiger partial charge in [-0.1, -0.05) is 6.92 Å². The molecular formula is C15H26N2O3. The van der Waals surface area contributed by atoms with Gasteiger partial charge >= 0.3 is 5.97 Å². The van der Waals surface area contributed by atoms with Crippen LogP contribution in [0.5, 0.6) is 0 Å². The zero-order chi connectivity index (χ0) is 14.7. The second-order valence-electron chi connectivity index (χ2n) is 6.16. The van der Waals surface area contributed by atoms with Crippen LogP contribution in [0.1, 0.15) is 39.0 Å². The number of amides is 1. The van der Waals surface area contributed by atoms with Gasteiger partial charge in [-0.05, 0) is 38.6 Å². The van der Waals surface area contributed by atoms with Crippen molar-refractivity contribution >= 4 is 11.9 Å². The van der Waals surface area contributed by atoms with Crippen molar-refractivity contribution in [2.75, 3.05) is 26.7 Å². The first-order chi connectivity index (χ1) is 9.52. The third-order valence-corrected chi connectivity index (χ3v) is 5.03. The molecule has 1 amide bonds. The molecule has 1 saturated heterocycles. The molecule has 1 N–H and O–H groups in total. The van der Waals surface area contributed by atoms with Gasteiger partial charge in [0.25, 0.3) is 0 Å². The molecule has 5 heteroatoms. The highest BCUT2D eigenvalue weighted by Gasteiger charge is 2.36. The van der Waals surface area contributed by atoms with Crippen LogP contribution in [0.25, 0.3) is 0 Å². The van der Waals surface area contributed by atoms with Crippen molar-refractivity contribution in [3.05, 3.63) is 0 Å². The SMILES string of the molecule is CCN1CCC(N(C)C(=O)[C@@H]2CC[C@H](C(=O)O)C2)CC1. The maximum Gasteiger partial charge on any atom is 0.306 e. The highest BCUT2D eigenvalue weighted by molar-refractivity contribution is 5.81. The van der Waals surface area contributed by atoms with Gasteiger partial charge in [0.05, 0.1) is 5.92 Å². The fourth-order valence-electron chi connectivity index (χ4n) is 3.52. The van der Waals surface area contributed by atoms with Crippen LogP contribution in [-0.4, -0.2) is 59.5 Å². The van der Waals surface area contributed by atoms with Crippen LogP contribution < -0.4 is 0 Å². The highest BCUT2D eigenvalue weighted by atomic mass is 16.4. The van der Waals surface area contributed by atoms with Crippen LogP contribution in [0, 0.1) is 11.8 Å². The first-order valence-electron chi connectivity index (χ1n) is 7.74. The predicted octanol–water partition coefficient (Wildman–Crippen LogP) is 1.43. The zero-order valence-electron chi connectivity index (χ0n) is 12.5. The van der Waals surface area contributed by atoms with Gasteiger partial charge in [0.15, 0.2) is 0 Å². The average molecular weight is 282 g/mol. The van der Waals surface area contributed by atoms with Gasteiger partial charge in [0.1, 0.15) is 0 Å². The van der Waals surface area contributed by atoms with Crippen molar-refractivity contribution in [2.45, 2.75) is 45.1 Å². The Hall–Kier alpha value is -1.10. The molecule has 0 unspecified atom stereocenters. The van der Waals surface area contributed by atoms with Crippen molar-refractivity contribution in [1.29, 1.82) is 0 Å². The van der Waals surface area contributed by atoms with Crippen molar-refractivity contribution in [3.8, 4) is 0 Å². The van der Waals surface area contributed by atoms with Gasteiger partial charge < -0.3 is 14.9 Å². The lowest BCUT2D eigenvalue weighted by Crippen LogP contribution is -2.47. The van der Waals surface area contributed by atoms with E-state index in [4.69, 9.17) is 5.11 Å². The molecule has 114 valence electrons. The second kappa shape index (κ2) is 6.57. The average Bonchev–Trinajstić information content (AvgIpc) is 2.96. The standard InChI is InChI=1S/C15H26N2O3/c1-3-17-8-6-13(7-9-17)16(2)14(18)11-4-5-12(10-11)15(19)20/h11-13H,3-10H2,1-2H3,(H,19,20)/t11-,12+/m1/s1. The maximum atomic E-state index is 12.5. The second-order valence-corrected chi connectivity index (χ2v) is 6.16. The number of hydrogen-bond acceptors (Lipinski definition) is 3. The molecule has 0 aromatic carbocycles. The molecule has 2 aliphatic rings. The Kier molecular flexibility index (Phi) is 5.02. The monoisotopic (exact) mass is 282 g/mol. The molecule has 0 radical (unpaired) electrons. The molecule has 2 fully saturated rings. The Morgan fingerprint density at radius 3 is 2.25 bits per heavy atom. The number of carboxylic acids is 1. The van der Waals surface area contributed by atoms with Gasteiger partial charge in [-0.3, -0.25) is 9.59 Å². The van der Waals surface area contributed by atoms with Crippen LogP contribution >= 0.6 is 0 Å². The molecule has 0 aromatic rings. The van der Waals surface area contributed by atoms with Crippen LogP contribution in [0.4, 0.5) is 0 Å². The first-order valence-corrected chi connectivity index (χ1v) is 7.74. The maximum absolute atomic E-state index is 12.5. The molecule has 0 spiro atoms. The summed E-state index contributed by atoms with van der Waals surface area (Å²) in [5.74, 6) is -0.993. The van der Waals surface area contributed by atoms with Crippen LogP contribution in [-0.2, 0) is 9.59 Å². The Balaban J connectivity index is 1.85. The third kappa shape index (κ3) is 3.32. The minimum Gasteiger partial charge on any atom is -0.481 e. The molecule has 0 aromatic heterocycles. The third-order valence-electron chi connectivity index (χ3n) is 5.03. The van der Waals surface area contributed by atoms with E-state index in [1.165, 1.54) is 0 Å². The fraction of sp³-hybridized carbons (Fsp3) is 0.867. The van der Waals surface area contributed by atoms with E-state index in [2.05, 4.69) is 11.8 Å². The Labute approximate surface area is 120 Å². The summed E-state index contributed by atoms with van der Waals surface area (Å²) in [6.07, 6.45) is 3.96. The van der Waals surface area contributed by atoms with Crippen molar-refractivity contribution < 1.29 is 14.7 Å². The number of rotatable bonds is 4. The van der Waals surface area contributed by atoms with Crippen molar-refractivity contribution in [1.82, 2.24) is 9.80 Å². The molecule has 1 aliphatic carbocycles. The number of hydrogen-bond donors (Lipinski definition) is 1. The van der Waals surface area contributed by atoms with Gasteiger partial charge in [-0.25, -0.2) is 0 Å². The number of likely N-dealkylation sites (tertiary alicyclic amines) is 1. The summed E-state index contributed by atoms with van der Waals surface area (Å²) in [4.78, 5) is 27.8. The summed E-state index contributed by atoms with van der Waals surface area (Å²) < 4.78 is 0. The van der Waals surface area contributed by atoms with E-state index in [0.29, 0.717) is 18.9 Å². The highest BCUT2D eigenvalue weighted by Crippen LogP contribution is 2.33. The van der Waals surface area contributed by atoms with E-state index in [-0.39, 0.29) is 17.7 Å². The summed E-state index contributed by atoms with van der Waals surface area (Å²) in [6, 6.07) is 0.328. The molecule has 2 rings (SSSR count). The largest absolute Gasteiger partial charge is 0.481 e. The summed E-state index contributed by atoms with van der Waals surface area (Å²) in [7, 11) is 1.89. The van der Waals surface area contributed by atoms with Crippen molar-refractivity contribution in [3.63, 3.8) is 0 Å². The minimum atomic E-state index is -0.751.